The monoisotopic (exact) mass is 337 g/mol. The standard InChI is InChI=1S/C19H19N3O3/c1-13-5-6-18(24-2)16(10-13)22-19(23)17-11-14(7-8-20-17)21-12-15-4-3-9-25-15/h3-11H,12H2,1-2H3,(H,20,21)(H,22,23). The predicted molar refractivity (Wildman–Crippen MR) is 96.0 cm³/mol. The molecule has 2 N–H and O–H groups in total. The number of nitrogens with zero attached hydrogens (tertiary/aromatic N) is 1. The van der Waals surface area contributed by atoms with Gasteiger partial charge in [0, 0.05) is 11.9 Å². The molecule has 2 aromatic heterocycles. The first-order valence-electron chi connectivity index (χ1n) is 7.84. The van der Waals surface area contributed by atoms with Crippen LogP contribution < -0.4 is 15.4 Å². The summed E-state index contributed by atoms with van der Waals surface area (Å²) in [6, 6.07) is 12.8. The Morgan fingerprint density at radius 1 is 1.24 bits per heavy atom. The van der Waals surface area contributed by atoms with Crippen molar-refractivity contribution in [2.45, 2.75) is 13.5 Å². The van der Waals surface area contributed by atoms with Gasteiger partial charge in [0.05, 0.1) is 25.6 Å². The highest BCUT2D eigenvalue weighted by atomic mass is 16.5. The maximum absolute atomic E-state index is 12.5. The molecular formula is C19H19N3O3. The Hall–Kier alpha value is -3.28. The highest BCUT2D eigenvalue weighted by Crippen LogP contribution is 2.25. The van der Waals surface area contributed by atoms with Crippen LogP contribution in [0.15, 0.2) is 59.3 Å². The van der Waals surface area contributed by atoms with Crippen molar-refractivity contribution in [1.29, 1.82) is 0 Å². The SMILES string of the molecule is COc1ccc(C)cc1NC(=O)c1cc(NCc2ccco2)ccn1. The van der Waals surface area contributed by atoms with E-state index in [2.05, 4.69) is 15.6 Å². The maximum atomic E-state index is 12.5. The number of carbonyl (C=O) groups excluding carboxylic acids is 1. The zero-order valence-electron chi connectivity index (χ0n) is 14.1. The van der Waals surface area contributed by atoms with E-state index in [9.17, 15) is 4.79 Å². The van der Waals surface area contributed by atoms with Crippen molar-refractivity contribution in [2.24, 2.45) is 0 Å². The number of hydrogen-bond acceptors (Lipinski definition) is 5. The first kappa shape index (κ1) is 16.6. The minimum atomic E-state index is -0.300. The van der Waals surface area contributed by atoms with E-state index in [1.54, 1.807) is 31.7 Å². The molecule has 0 saturated heterocycles. The van der Waals surface area contributed by atoms with Gasteiger partial charge in [-0.3, -0.25) is 9.78 Å². The third kappa shape index (κ3) is 4.17. The number of aryl methyl sites for hydroxylation is 1. The Labute approximate surface area is 145 Å². The van der Waals surface area contributed by atoms with Gasteiger partial charge in [-0.1, -0.05) is 6.07 Å². The van der Waals surface area contributed by atoms with Crippen LogP contribution >= 0.6 is 0 Å². The Morgan fingerprint density at radius 3 is 2.88 bits per heavy atom. The minimum absolute atomic E-state index is 0.300. The number of hydrogen-bond donors (Lipinski definition) is 2. The highest BCUT2D eigenvalue weighted by molar-refractivity contribution is 6.04. The first-order chi connectivity index (χ1) is 12.2. The van der Waals surface area contributed by atoms with Crippen LogP contribution in [0.5, 0.6) is 5.75 Å². The number of pyridine rings is 1. The molecule has 3 rings (SSSR count). The number of aromatic nitrogens is 1. The lowest BCUT2D eigenvalue weighted by Crippen LogP contribution is -2.14. The van der Waals surface area contributed by atoms with E-state index in [-0.39, 0.29) is 5.91 Å². The van der Waals surface area contributed by atoms with Crippen LogP contribution in [0.3, 0.4) is 0 Å². The molecule has 128 valence electrons. The minimum Gasteiger partial charge on any atom is -0.495 e. The van der Waals surface area contributed by atoms with Gasteiger partial charge in [0.15, 0.2) is 0 Å². The van der Waals surface area contributed by atoms with Crippen LogP contribution in [0.4, 0.5) is 11.4 Å². The molecule has 0 aliphatic heterocycles. The van der Waals surface area contributed by atoms with Gasteiger partial charge in [-0.15, -0.1) is 0 Å². The average molecular weight is 337 g/mol. The number of nitrogens with one attached hydrogen (secondary N) is 2. The van der Waals surface area contributed by atoms with Crippen molar-refractivity contribution in [3.05, 3.63) is 71.9 Å². The summed E-state index contributed by atoms with van der Waals surface area (Å²) in [7, 11) is 1.57. The normalized spacial score (nSPS) is 10.3. The van der Waals surface area contributed by atoms with E-state index in [1.807, 2.05) is 37.3 Å². The van der Waals surface area contributed by atoms with E-state index in [1.165, 1.54) is 0 Å². The molecule has 0 saturated carbocycles. The molecular weight excluding hydrogens is 318 g/mol. The summed E-state index contributed by atoms with van der Waals surface area (Å²) in [6.45, 7) is 2.48. The lowest BCUT2D eigenvalue weighted by molar-refractivity contribution is 0.102. The Morgan fingerprint density at radius 2 is 2.12 bits per heavy atom. The third-order valence-corrected chi connectivity index (χ3v) is 3.64. The number of amides is 1. The van der Waals surface area contributed by atoms with Crippen molar-refractivity contribution in [1.82, 2.24) is 4.98 Å². The smallest absolute Gasteiger partial charge is 0.274 e. The van der Waals surface area contributed by atoms with Crippen molar-refractivity contribution in [3.8, 4) is 5.75 Å². The number of ether oxygens (including phenoxy) is 1. The molecule has 6 heteroatoms. The molecule has 0 fully saturated rings. The van der Waals surface area contributed by atoms with Crippen LogP contribution in [0.1, 0.15) is 21.8 Å². The number of methoxy groups -OCH3 is 1. The van der Waals surface area contributed by atoms with Gasteiger partial charge in [0.25, 0.3) is 5.91 Å². The zero-order chi connectivity index (χ0) is 17.6. The van der Waals surface area contributed by atoms with Crippen molar-refractivity contribution >= 4 is 17.3 Å². The number of carbonyl (C=O) groups is 1. The van der Waals surface area contributed by atoms with E-state index < -0.39 is 0 Å². The summed E-state index contributed by atoms with van der Waals surface area (Å²) >= 11 is 0. The Balaban J connectivity index is 1.72. The second-order valence-corrected chi connectivity index (χ2v) is 5.52. The van der Waals surface area contributed by atoms with E-state index in [0.717, 1.165) is 17.0 Å². The zero-order valence-corrected chi connectivity index (χ0v) is 14.1. The van der Waals surface area contributed by atoms with Crippen LogP contribution in [0.25, 0.3) is 0 Å². The van der Waals surface area contributed by atoms with Crippen molar-refractivity contribution in [3.63, 3.8) is 0 Å². The number of benzene rings is 1. The third-order valence-electron chi connectivity index (χ3n) is 3.64. The molecule has 1 amide bonds. The quantitative estimate of drug-likeness (QED) is 0.714. The summed E-state index contributed by atoms with van der Waals surface area (Å²) < 4.78 is 10.6. The molecule has 0 atom stereocenters. The molecule has 6 nitrogen and oxygen atoms in total. The molecule has 3 aromatic rings. The van der Waals surface area contributed by atoms with E-state index in [4.69, 9.17) is 9.15 Å². The van der Waals surface area contributed by atoms with Gasteiger partial charge in [0.1, 0.15) is 17.2 Å². The largest absolute Gasteiger partial charge is 0.495 e. The molecule has 0 unspecified atom stereocenters. The second kappa shape index (κ2) is 7.53. The molecule has 0 spiro atoms. The average Bonchev–Trinajstić information content (AvgIpc) is 3.14. The van der Waals surface area contributed by atoms with Gasteiger partial charge >= 0.3 is 0 Å². The lowest BCUT2D eigenvalue weighted by atomic mass is 10.2. The summed E-state index contributed by atoms with van der Waals surface area (Å²) in [5.74, 6) is 1.11. The van der Waals surface area contributed by atoms with E-state index >= 15 is 0 Å². The molecule has 0 aliphatic rings. The van der Waals surface area contributed by atoms with Crippen LogP contribution in [0.2, 0.25) is 0 Å². The summed E-state index contributed by atoms with van der Waals surface area (Å²) in [5.41, 5.74) is 2.74. The molecule has 25 heavy (non-hydrogen) atoms. The van der Waals surface area contributed by atoms with E-state index in [0.29, 0.717) is 23.7 Å². The van der Waals surface area contributed by atoms with Crippen LogP contribution in [0, 0.1) is 6.92 Å². The lowest BCUT2D eigenvalue weighted by Gasteiger charge is -2.11. The number of rotatable bonds is 6. The number of furan rings is 1. The first-order valence-corrected chi connectivity index (χ1v) is 7.84. The Kier molecular flexibility index (Phi) is 4.99. The Bertz CT molecular complexity index is 860. The molecule has 0 aliphatic carbocycles. The number of anilines is 2. The van der Waals surface area contributed by atoms with Crippen LogP contribution in [-0.4, -0.2) is 18.0 Å². The van der Waals surface area contributed by atoms with Gasteiger partial charge in [0.2, 0.25) is 0 Å². The fraction of sp³-hybridized carbons (Fsp3) is 0.158. The highest BCUT2D eigenvalue weighted by Gasteiger charge is 2.12. The summed E-state index contributed by atoms with van der Waals surface area (Å²) in [6.07, 6.45) is 3.21. The summed E-state index contributed by atoms with van der Waals surface area (Å²) in [4.78, 5) is 16.6. The fourth-order valence-corrected chi connectivity index (χ4v) is 2.37. The van der Waals surface area contributed by atoms with Gasteiger partial charge in [-0.25, -0.2) is 0 Å². The molecule has 2 heterocycles. The molecule has 0 bridgehead atoms. The topological polar surface area (TPSA) is 76.4 Å². The summed E-state index contributed by atoms with van der Waals surface area (Å²) in [5, 5.41) is 6.04. The molecule has 0 radical (unpaired) electrons. The van der Waals surface area contributed by atoms with Crippen LogP contribution in [-0.2, 0) is 6.54 Å². The molecule has 1 aromatic carbocycles. The predicted octanol–water partition coefficient (Wildman–Crippen LogP) is 3.86. The van der Waals surface area contributed by atoms with Crippen molar-refractivity contribution < 1.29 is 13.9 Å². The maximum Gasteiger partial charge on any atom is 0.274 e. The van der Waals surface area contributed by atoms with Gasteiger partial charge < -0.3 is 19.8 Å². The second-order valence-electron chi connectivity index (χ2n) is 5.52. The van der Waals surface area contributed by atoms with Crippen molar-refractivity contribution in [2.75, 3.05) is 17.7 Å². The fourth-order valence-electron chi connectivity index (χ4n) is 2.37. The van der Waals surface area contributed by atoms with Gasteiger partial charge in [-0.2, -0.15) is 0 Å². The van der Waals surface area contributed by atoms with Gasteiger partial charge in [-0.05, 0) is 48.9 Å².